The van der Waals surface area contributed by atoms with Crippen molar-refractivity contribution in [3.8, 4) is 33.9 Å². The maximum Gasteiger partial charge on any atom is 0.407 e. The first kappa shape index (κ1) is 40.9. The molecule has 2 saturated heterocycles. The molecule has 18 nitrogen and oxygen atoms in total. The number of piperidine rings is 2. The number of methoxy groups -OCH3 is 4. The summed E-state index contributed by atoms with van der Waals surface area (Å²) in [6.45, 7) is 3.49. The number of fused-ring (bicyclic) bond motifs is 4. The zero-order valence-corrected chi connectivity index (χ0v) is 34.6. The summed E-state index contributed by atoms with van der Waals surface area (Å²) in [7, 11) is 5.54. The molecular weight excluding hydrogens is 773 g/mol. The maximum absolute atomic E-state index is 14.0. The molecular formula is C42H52N10O8. The van der Waals surface area contributed by atoms with Crippen molar-refractivity contribution in [2.75, 3.05) is 28.4 Å². The number of nitrogens with zero attached hydrogens (tertiary/aromatic N) is 6. The van der Waals surface area contributed by atoms with Crippen molar-refractivity contribution < 1.29 is 38.1 Å². The van der Waals surface area contributed by atoms with E-state index in [9.17, 15) is 19.2 Å². The number of carbonyl (C=O) groups is 4. The lowest BCUT2D eigenvalue weighted by Gasteiger charge is -2.37. The van der Waals surface area contributed by atoms with Crippen molar-refractivity contribution in [1.29, 1.82) is 0 Å². The molecule has 4 bridgehead atoms. The van der Waals surface area contributed by atoms with E-state index >= 15 is 0 Å². The van der Waals surface area contributed by atoms with E-state index in [4.69, 9.17) is 28.9 Å². The van der Waals surface area contributed by atoms with Gasteiger partial charge < -0.3 is 49.3 Å². The minimum atomic E-state index is -0.913. The summed E-state index contributed by atoms with van der Waals surface area (Å²) in [5, 5.41) is 5.33. The van der Waals surface area contributed by atoms with E-state index in [2.05, 4.69) is 30.6 Å². The quantitative estimate of drug-likeness (QED) is 0.146. The van der Waals surface area contributed by atoms with Gasteiger partial charge in [-0.15, -0.1) is 0 Å². The predicted molar refractivity (Wildman–Crippen MR) is 216 cm³/mol. The molecule has 0 unspecified atom stereocenters. The van der Waals surface area contributed by atoms with E-state index in [1.165, 1.54) is 28.4 Å². The second-order valence-corrected chi connectivity index (χ2v) is 16.2. The number of H-pyrrole nitrogens is 2. The third kappa shape index (κ3) is 7.57. The van der Waals surface area contributed by atoms with Crippen molar-refractivity contribution in [3.05, 3.63) is 60.7 Å². The number of nitrogens with one attached hydrogen (secondary N) is 4. The van der Waals surface area contributed by atoms with Gasteiger partial charge in [-0.3, -0.25) is 9.59 Å². The lowest BCUT2D eigenvalue weighted by Crippen LogP contribution is -2.56. The van der Waals surface area contributed by atoms with Crippen LogP contribution in [0.3, 0.4) is 0 Å². The maximum atomic E-state index is 14.0. The Morgan fingerprint density at radius 1 is 0.617 bits per heavy atom. The van der Waals surface area contributed by atoms with Crippen LogP contribution in [0.1, 0.15) is 76.1 Å². The van der Waals surface area contributed by atoms with Gasteiger partial charge in [0.2, 0.25) is 11.8 Å². The summed E-state index contributed by atoms with van der Waals surface area (Å²) < 4.78 is 20.5. The number of hydrogen-bond donors (Lipinski definition) is 4. The molecule has 4 amide bonds. The van der Waals surface area contributed by atoms with Gasteiger partial charge in [0.05, 0.1) is 62.3 Å². The first-order valence-electron chi connectivity index (χ1n) is 20.4. The highest BCUT2D eigenvalue weighted by molar-refractivity contribution is 5.88. The highest BCUT2D eigenvalue weighted by atomic mass is 16.5. The molecule has 8 rings (SSSR count). The molecule has 2 aliphatic heterocycles. The van der Waals surface area contributed by atoms with E-state index in [0.29, 0.717) is 17.5 Å². The van der Waals surface area contributed by atoms with E-state index in [1.54, 1.807) is 38.6 Å². The molecule has 0 spiro atoms. The topological polar surface area (TPSA) is 219 Å². The molecule has 60 heavy (non-hydrogen) atoms. The molecule has 3 aromatic heterocycles. The van der Waals surface area contributed by atoms with Crippen LogP contribution in [0.4, 0.5) is 9.59 Å². The number of benzene rings is 1. The standard InChI is InChI=1S/C42H52N10O8/c1-21(57-3)32(49-41(55)59-5)39(53)51-28-13-11-25(15-28)34(51)37-45-19-30(47-37)23-7-9-24(10-8-23)36-43-17-27(18-44-36)31-20-46-38(48-31)35-26-12-14-29(16-26)52(35)40(54)33(22(2)58-4)50-42(56)60-6/h7-10,17-22,25-26,28-29,32-35H,11-16H2,1-6H3,(H,45,47)(H,46,48)(H,49,55)(H,50,56)/t21-,22-,25+,26+,28+,29+,32-,33-,34-,35-/m0/s1. The minimum absolute atomic E-state index is 0.0429. The van der Waals surface area contributed by atoms with Crippen LogP contribution in [0.25, 0.3) is 33.9 Å². The average molecular weight is 825 g/mol. The van der Waals surface area contributed by atoms with Crippen LogP contribution in [0.2, 0.25) is 0 Å². The summed E-state index contributed by atoms with van der Waals surface area (Å²) in [6, 6.07) is 5.61. The van der Waals surface area contributed by atoms with Crippen molar-refractivity contribution in [2.45, 2.75) is 101 Å². The lowest BCUT2D eigenvalue weighted by atomic mass is 9.97. The Morgan fingerprint density at radius 2 is 1.05 bits per heavy atom. The van der Waals surface area contributed by atoms with Crippen molar-refractivity contribution >= 4 is 24.0 Å². The largest absolute Gasteiger partial charge is 0.453 e. The smallest absolute Gasteiger partial charge is 0.407 e. The molecule has 10 atom stereocenters. The zero-order chi connectivity index (χ0) is 42.2. The van der Waals surface area contributed by atoms with E-state index in [-0.39, 0.29) is 47.8 Å². The monoisotopic (exact) mass is 824 g/mol. The summed E-state index contributed by atoms with van der Waals surface area (Å²) in [6.07, 6.45) is 10.0. The van der Waals surface area contributed by atoms with Gasteiger partial charge in [0.1, 0.15) is 23.7 Å². The number of aromatic amines is 2. The van der Waals surface area contributed by atoms with Crippen LogP contribution in [-0.4, -0.2) is 129 Å². The highest BCUT2D eigenvalue weighted by Crippen LogP contribution is 2.51. The van der Waals surface area contributed by atoms with E-state index in [1.807, 2.05) is 34.1 Å². The molecule has 0 radical (unpaired) electrons. The first-order chi connectivity index (χ1) is 29.0. The number of likely N-dealkylation sites (tertiary alicyclic amines) is 2. The third-order valence-corrected chi connectivity index (χ3v) is 13.0. The molecule has 18 heteroatoms. The third-order valence-electron chi connectivity index (χ3n) is 13.0. The molecule has 2 saturated carbocycles. The summed E-state index contributed by atoms with van der Waals surface area (Å²) in [5.74, 6) is 1.97. The molecule has 5 heterocycles. The summed E-state index contributed by atoms with van der Waals surface area (Å²) in [4.78, 5) is 81.8. The second kappa shape index (κ2) is 17.0. The molecule has 318 valence electrons. The fraction of sp³-hybridized carbons (Fsp3) is 0.524. The van der Waals surface area contributed by atoms with Gasteiger partial charge in [0.15, 0.2) is 5.82 Å². The van der Waals surface area contributed by atoms with Crippen LogP contribution < -0.4 is 10.6 Å². The Morgan fingerprint density at radius 3 is 1.48 bits per heavy atom. The number of carbonyl (C=O) groups excluding carboxylic acids is 4. The second-order valence-electron chi connectivity index (χ2n) is 16.2. The minimum Gasteiger partial charge on any atom is -0.453 e. The van der Waals surface area contributed by atoms with Gasteiger partial charge in [-0.2, -0.15) is 0 Å². The van der Waals surface area contributed by atoms with Crippen LogP contribution in [-0.2, 0) is 28.5 Å². The zero-order valence-electron chi connectivity index (χ0n) is 34.6. The van der Waals surface area contributed by atoms with Crippen molar-refractivity contribution in [2.24, 2.45) is 11.8 Å². The Kier molecular flexibility index (Phi) is 11.6. The predicted octanol–water partition coefficient (Wildman–Crippen LogP) is 4.55. The number of rotatable bonds is 13. The van der Waals surface area contributed by atoms with Gasteiger partial charge in [-0.05, 0) is 69.8 Å². The Labute approximate surface area is 347 Å². The Hall–Kier alpha value is -5.88. The number of imidazole rings is 2. The first-order valence-corrected chi connectivity index (χ1v) is 20.4. The average Bonchev–Trinajstić information content (AvgIpc) is 4.16. The number of alkyl carbamates (subject to hydrolysis) is 2. The molecule has 2 aliphatic carbocycles. The summed E-state index contributed by atoms with van der Waals surface area (Å²) in [5.41, 5.74) is 4.02. The molecule has 4 fully saturated rings. The Balaban J connectivity index is 0.953. The summed E-state index contributed by atoms with van der Waals surface area (Å²) >= 11 is 0. The van der Waals surface area contributed by atoms with Gasteiger partial charge in [-0.1, -0.05) is 24.3 Å². The number of aromatic nitrogens is 6. The SMILES string of the molecule is COC(=O)N[C@H](C(=O)N1[C@@H]2CC[C@H](C2)[C@H]1c1ncc(-c2ccc(-c3ncc(-c4cnc([C@@H]5[C@@H]6CC[C@H](C6)N5C(=O)[C@@H](NC(=O)OC)[C@H](C)OC)[nH]4)cn3)cc2)[nH]1)[C@H](C)OC. The van der Waals surface area contributed by atoms with Gasteiger partial charge in [-0.25, -0.2) is 29.5 Å². The van der Waals surface area contributed by atoms with E-state index < -0.39 is 36.5 Å². The van der Waals surface area contributed by atoms with Gasteiger partial charge in [0.25, 0.3) is 0 Å². The number of amides is 4. The van der Waals surface area contributed by atoms with Crippen molar-refractivity contribution in [3.63, 3.8) is 0 Å². The molecule has 1 aromatic carbocycles. The fourth-order valence-corrected chi connectivity index (χ4v) is 9.72. The fourth-order valence-electron chi connectivity index (χ4n) is 9.72. The molecule has 4 aromatic rings. The van der Waals surface area contributed by atoms with E-state index in [0.717, 1.165) is 66.6 Å². The van der Waals surface area contributed by atoms with Gasteiger partial charge in [0, 0.05) is 49.8 Å². The Bertz CT molecular complexity index is 2040. The normalized spacial score (nSPS) is 24.8. The highest BCUT2D eigenvalue weighted by Gasteiger charge is 2.53. The van der Waals surface area contributed by atoms with Crippen molar-refractivity contribution in [1.82, 2.24) is 50.3 Å². The van der Waals surface area contributed by atoms with Gasteiger partial charge >= 0.3 is 12.2 Å². The van der Waals surface area contributed by atoms with Crippen LogP contribution in [0.5, 0.6) is 0 Å². The van der Waals surface area contributed by atoms with Crippen LogP contribution in [0, 0.1) is 11.8 Å². The van der Waals surface area contributed by atoms with Crippen LogP contribution >= 0.6 is 0 Å². The van der Waals surface area contributed by atoms with Crippen LogP contribution in [0.15, 0.2) is 49.1 Å². The molecule has 4 aliphatic rings. The number of hydrogen-bond acceptors (Lipinski definition) is 12. The lowest BCUT2D eigenvalue weighted by molar-refractivity contribution is -0.142. The number of ether oxygens (including phenoxy) is 4. The molecule has 4 N–H and O–H groups in total.